The number of aromatic nitrogens is 3. The number of rotatable bonds is 2. The van der Waals surface area contributed by atoms with Gasteiger partial charge in [0.05, 0.1) is 23.7 Å². The van der Waals surface area contributed by atoms with E-state index < -0.39 is 0 Å². The second-order valence-corrected chi connectivity index (χ2v) is 3.93. The highest BCUT2D eigenvalue weighted by Crippen LogP contribution is 2.16. The molecule has 0 bridgehead atoms. The topological polar surface area (TPSA) is 56.5 Å². The standard InChI is InChI=1S/C12H15N3O2/c1-5-17-12(16)10-8(3)14-11-9(4)13-7(2)6-15(10)11/h6H,5H2,1-4H3. The number of hydrogen-bond acceptors (Lipinski definition) is 4. The summed E-state index contributed by atoms with van der Waals surface area (Å²) in [6.45, 7) is 7.71. The summed E-state index contributed by atoms with van der Waals surface area (Å²) in [7, 11) is 0. The molecule has 2 rings (SSSR count). The van der Waals surface area contributed by atoms with Crippen molar-refractivity contribution < 1.29 is 9.53 Å². The van der Waals surface area contributed by atoms with Crippen LogP contribution in [-0.4, -0.2) is 26.9 Å². The third kappa shape index (κ3) is 1.88. The zero-order chi connectivity index (χ0) is 12.6. The van der Waals surface area contributed by atoms with Crippen LogP contribution in [0.15, 0.2) is 6.20 Å². The summed E-state index contributed by atoms with van der Waals surface area (Å²) in [6.07, 6.45) is 1.80. The van der Waals surface area contributed by atoms with E-state index in [0.29, 0.717) is 23.6 Å². The van der Waals surface area contributed by atoms with Crippen LogP contribution in [0.2, 0.25) is 0 Å². The van der Waals surface area contributed by atoms with Crippen LogP contribution in [0.5, 0.6) is 0 Å². The summed E-state index contributed by atoms with van der Waals surface area (Å²) in [5, 5.41) is 0. The van der Waals surface area contributed by atoms with Crippen molar-refractivity contribution >= 4 is 11.6 Å². The van der Waals surface area contributed by atoms with Crippen LogP contribution in [0.25, 0.3) is 5.65 Å². The van der Waals surface area contributed by atoms with Crippen molar-refractivity contribution in [3.8, 4) is 0 Å². The molecule has 0 unspecified atom stereocenters. The van der Waals surface area contributed by atoms with E-state index in [9.17, 15) is 4.79 Å². The first-order chi connectivity index (χ1) is 8.04. The van der Waals surface area contributed by atoms with Crippen LogP contribution < -0.4 is 0 Å². The van der Waals surface area contributed by atoms with Gasteiger partial charge in [0.1, 0.15) is 0 Å². The van der Waals surface area contributed by atoms with Crippen molar-refractivity contribution in [2.75, 3.05) is 6.61 Å². The van der Waals surface area contributed by atoms with Gasteiger partial charge in [-0.1, -0.05) is 0 Å². The predicted molar refractivity (Wildman–Crippen MR) is 63.2 cm³/mol. The number of hydrogen-bond donors (Lipinski definition) is 0. The van der Waals surface area contributed by atoms with Gasteiger partial charge in [-0.3, -0.25) is 9.38 Å². The van der Waals surface area contributed by atoms with Crippen molar-refractivity contribution in [3.63, 3.8) is 0 Å². The Labute approximate surface area is 99.5 Å². The van der Waals surface area contributed by atoms with E-state index in [1.807, 2.05) is 13.8 Å². The van der Waals surface area contributed by atoms with Crippen LogP contribution in [0.4, 0.5) is 0 Å². The molecule has 5 heteroatoms. The summed E-state index contributed by atoms with van der Waals surface area (Å²) in [6, 6.07) is 0. The molecule has 0 atom stereocenters. The van der Waals surface area contributed by atoms with E-state index in [1.54, 1.807) is 24.4 Å². The lowest BCUT2D eigenvalue weighted by Gasteiger charge is -2.04. The first-order valence-electron chi connectivity index (χ1n) is 5.54. The molecule has 2 aromatic rings. The number of nitrogens with zero attached hydrogens (tertiary/aromatic N) is 3. The van der Waals surface area contributed by atoms with E-state index in [2.05, 4.69) is 9.97 Å². The molecule has 0 amide bonds. The van der Waals surface area contributed by atoms with E-state index in [1.165, 1.54) is 0 Å². The first kappa shape index (κ1) is 11.6. The van der Waals surface area contributed by atoms with Gasteiger partial charge in [-0.25, -0.2) is 9.78 Å². The number of aryl methyl sites for hydroxylation is 3. The van der Waals surface area contributed by atoms with Crippen molar-refractivity contribution in [1.82, 2.24) is 14.4 Å². The third-order valence-electron chi connectivity index (χ3n) is 2.54. The van der Waals surface area contributed by atoms with E-state index in [0.717, 1.165) is 11.4 Å². The molecule has 0 saturated carbocycles. The third-order valence-corrected chi connectivity index (χ3v) is 2.54. The number of ether oxygens (including phenoxy) is 1. The summed E-state index contributed by atoms with van der Waals surface area (Å²) < 4.78 is 6.79. The van der Waals surface area contributed by atoms with Gasteiger partial charge < -0.3 is 4.74 Å². The van der Waals surface area contributed by atoms with Crippen LogP contribution >= 0.6 is 0 Å². The first-order valence-corrected chi connectivity index (χ1v) is 5.54. The number of fused-ring (bicyclic) bond motifs is 1. The molecule has 0 fully saturated rings. The molecule has 90 valence electrons. The molecular formula is C12H15N3O2. The highest BCUT2D eigenvalue weighted by Gasteiger charge is 2.19. The maximum Gasteiger partial charge on any atom is 0.357 e. The largest absolute Gasteiger partial charge is 0.461 e. The summed E-state index contributed by atoms with van der Waals surface area (Å²) in [4.78, 5) is 20.5. The second kappa shape index (κ2) is 4.16. The molecular weight excluding hydrogens is 218 g/mol. The lowest BCUT2D eigenvalue weighted by molar-refractivity contribution is 0.0517. The smallest absolute Gasteiger partial charge is 0.357 e. The van der Waals surface area contributed by atoms with Gasteiger partial charge in [-0.05, 0) is 27.7 Å². The van der Waals surface area contributed by atoms with Crippen LogP contribution in [0.3, 0.4) is 0 Å². The molecule has 0 N–H and O–H groups in total. The molecule has 2 heterocycles. The Hall–Kier alpha value is -1.91. The number of carbonyl (C=O) groups excluding carboxylic acids is 1. The zero-order valence-electron chi connectivity index (χ0n) is 10.4. The number of esters is 1. The zero-order valence-corrected chi connectivity index (χ0v) is 10.4. The molecule has 0 aromatic carbocycles. The normalized spacial score (nSPS) is 10.8. The van der Waals surface area contributed by atoms with Gasteiger partial charge in [0.15, 0.2) is 11.3 Å². The van der Waals surface area contributed by atoms with E-state index in [-0.39, 0.29) is 5.97 Å². The fraction of sp³-hybridized carbons (Fsp3) is 0.417. The summed E-state index contributed by atoms with van der Waals surface area (Å²) in [5.74, 6) is -0.345. The monoisotopic (exact) mass is 233 g/mol. The molecule has 2 aromatic heterocycles. The number of carbonyl (C=O) groups is 1. The Balaban J connectivity index is 2.70. The van der Waals surface area contributed by atoms with Crippen molar-refractivity contribution in [2.24, 2.45) is 0 Å². The maximum absolute atomic E-state index is 11.9. The Morgan fingerprint density at radius 3 is 2.65 bits per heavy atom. The lowest BCUT2D eigenvalue weighted by atomic mass is 10.3. The predicted octanol–water partition coefficient (Wildman–Crippen LogP) is 1.83. The molecule has 0 aliphatic rings. The molecule has 0 radical (unpaired) electrons. The highest BCUT2D eigenvalue weighted by atomic mass is 16.5. The summed E-state index contributed by atoms with van der Waals surface area (Å²) >= 11 is 0. The maximum atomic E-state index is 11.9. The molecule has 5 nitrogen and oxygen atoms in total. The van der Waals surface area contributed by atoms with Gasteiger partial charge in [-0.2, -0.15) is 0 Å². The van der Waals surface area contributed by atoms with Crippen LogP contribution in [0, 0.1) is 20.8 Å². The van der Waals surface area contributed by atoms with Crippen LogP contribution in [0.1, 0.15) is 34.5 Å². The SMILES string of the molecule is CCOC(=O)c1c(C)nc2c(C)nc(C)cn12. The molecule has 0 spiro atoms. The van der Waals surface area contributed by atoms with Crippen molar-refractivity contribution in [2.45, 2.75) is 27.7 Å². The number of imidazole rings is 1. The molecule has 0 saturated heterocycles. The fourth-order valence-corrected chi connectivity index (χ4v) is 1.90. The molecule has 0 aliphatic carbocycles. The highest BCUT2D eigenvalue weighted by molar-refractivity contribution is 5.90. The molecule has 17 heavy (non-hydrogen) atoms. The lowest BCUT2D eigenvalue weighted by Crippen LogP contribution is -2.10. The average molecular weight is 233 g/mol. The Morgan fingerprint density at radius 1 is 1.29 bits per heavy atom. The minimum Gasteiger partial charge on any atom is -0.461 e. The van der Waals surface area contributed by atoms with Crippen molar-refractivity contribution in [3.05, 3.63) is 29.0 Å². The van der Waals surface area contributed by atoms with Gasteiger partial charge in [0.2, 0.25) is 0 Å². The van der Waals surface area contributed by atoms with Gasteiger partial charge in [0, 0.05) is 6.20 Å². The fourth-order valence-electron chi connectivity index (χ4n) is 1.90. The van der Waals surface area contributed by atoms with Gasteiger partial charge in [-0.15, -0.1) is 0 Å². The molecule has 0 aliphatic heterocycles. The van der Waals surface area contributed by atoms with Gasteiger partial charge in [0.25, 0.3) is 0 Å². The van der Waals surface area contributed by atoms with Gasteiger partial charge >= 0.3 is 5.97 Å². The minimum absolute atomic E-state index is 0.345. The Morgan fingerprint density at radius 2 is 2.00 bits per heavy atom. The minimum atomic E-state index is -0.345. The average Bonchev–Trinajstić information content (AvgIpc) is 2.55. The quantitative estimate of drug-likeness (QED) is 0.742. The summed E-state index contributed by atoms with van der Waals surface area (Å²) in [5.41, 5.74) is 3.51. The Kier molecular flexibility index (Phi) is 2.83. The van der Waals surface area contributed by atoms with E-state index in [4.69, 9.17) is 4.74 Å². The van der Waals surface area contributed by atoms with Crippen LogP contribution in [-0.2, 0) is 4.74 Å². The van der Waals surface area contributed by atoms with Crippen molar-refractivity contribution in [1.29, 1.82) is 0 Å². The van der Waals surface area contributed by atoms with E-state index >= 15 is 0 Å². The second-order valence-electron chi connectivity index (χ2n) is 3.93. The Bertz CT molecular complexity index is 587.